The van der Waals surface area contributed by atoms with Gasteiger partial charge in [-0.05, 0) is 36.8 Å². The maximum atomic E-state index is 12.4. The van der Waals surface area contributed by atoms with Crippen molar-refractivity contribution in [1.82, 2.24) is 15.3 Å². The largest absolute Gasteiger partial charge is 0.497 e. The Morgan fingerprint density at radius 1 is 1.18 bits per heavy atom. The van der Waals surface area contributed by atoms with Gasteiger partial charge >= 0.3 is 0 Å². The second kappa shape index (κ2) is 9.23. The summed E-state index contributed by atoms with van der Waals surface area (Å²) >= 11 is 1.21. The third-order valence-electron chi connectivity index (χ3n) is 4.07. The van der Waals surface area contributed by atoms with Crippen molar-refractivity contribution in [2.75, 3.05) is 7.11 Å². The van der Waals surface area contributed by atoms with Crippen LogP contribution in [0.4, 0.5) is 0 Å². The number of aromatic nitrogens is 2. The quantitative estimate of drug-likeness (QED) is 0.474. The SMILES string of the molecule is COc1ccc(-c2cc(=O)[nH]c(SC(C)C(=O)NCc3ccccc3)n2)cc1. The molecule has 1 amide bonds. The standard InChI is InChI=1S/C21H21N3O3S/c1-14(20(26)22-13-15-6-4-3-5-7-15)28-21-23-18(12-19(25)24-21)16-8-10-17(27-2)11-9-16/h3-12,14H,13H2,1-2H3,(H,22,26)(H,23,24,25). The highest BCUT2D eigenvalue weighted by molar-refractivity contribution is 8.00. The van der Waals surface area contributed by atoms with E-state index < -0.39 is 5.25 Å². The fourth-order valence-corrected chi connectivity index (χ4v) is 3.39. The Labute approximate surface area is 167 Å². The van der Waals surface area contributed by atoms with Gasteiger partial charge in [-0.25, -0.2) is 4.98 Å². The Hall–Kier alpha value is -3.06. The van der Waals surface area contributed by atoms with Gasteiger partial charge in [0.2, 0.25) is 5.91 Å². The van der Waals surface area contributed by atoms with Crippen molar-refractivity contribution < 1.29 is 9.53 Å². The number of H-pyrrole nitrogens is 1. The zero-order valence-electron chi connectivity index (χ0n) is 15.6. The van der Waals surface area contributed by atoms with E-state index in [2.05, 4.69) is 15.3 Å². The number of nitrogens with zero attached hydrogens (tertiary/aromatic N) is 1. The van der Waals surface area contributed by atoms with E-state index in [9.17, 15) is 9.59 Å². The molecule has 1 aromatic heterocycles. The number of thioether (sulfide) groups is 1. The predicted molar refractivity (Wildman–Crippen MR) is 110 cm³/mol. The van der Waals surface area contributed by atoms with Crippen molar-refractivity contribution in [2.24, 2.45) is 0 Å². The number of carbonyl (C=O) groups excluding carboxylic acids is 1. The van der Waals surface area contributed by atoms with E-state index in [1.54, 1.807) is 14.0 Å². The molecule has 0 saturated carbocycles. The average Bonchev–Trinajstić information content (AvgIpc) is 2.72. The molecule has 2 N–H and O–H groups in total. The minimum atomic E-state index is -0.405. The lowest BCUT2D eigenvalue weighted by Gasteiger charge is -2.12. The molecule has 0 bridgehead atoms. The fraction of sp³-hybridized carbons (Fsp3) is 0.190. The Morgan fingerprint density at radius 2 is 1.89 bits per heavy atom. The Balaban J connectivity index is 1.68. The molecular weight excluding hydrogens is 374 g/mol. The van der Waals surface area contributed by atoms with E-state index >= 15 is 0 Å². The molecule has 3 rings (SSSR count). The number of amides is 1. The highest BCUT2D eigenvalue weighted by Gasteiger charge is 2.16. The van der Waals surface area contributed by atoms with E-state index in [0.29, 0.717) is 17.4 Å². The second-order valence-corrected chi connectivity index (χ2v) is 7.46. The molecule has 0 aliphatic carbocycles. The number of carbonyl (C=O) groups is 1. The number of methoxy groups -OCH3 is 1. The molecule has 2 aromatic carbocycles. The zero-order chi connectivity index (χ0) is 19.9. The lowest BCUT2D eigenvalue weighted by molar-refractivity contribution is -0.120. The van der Waals surface area contributed by atoms with Crippen LogP contribution < -0.4 is 15.6 Å². The van der Waals surface area contributed by atoms with Crippen LogP contribution in [0.3, 0.4) is 0 Å². The number of ether oxygens (including phenoxy) is 1. The van der Waals surface area contributed by atoms with Gasteiger partial charge in [-0.1, -0.05) is 42.1 Å². The van der Waals surface area contributed by atoms with Crippen molar-refractivity contribution >= 4 is 17.7 Å². The van der Waals surface area contributed by atoms with Crippen molar-refractivity contribution in [3.05, 3.63) is 76.6 Å². The summed E-state index contributed by atoms with van der Waals surface area (Å²) < 4.78 is 5.15. The first-order valence-corrected chi connectivity index (χ1v) is 9.67. The lowest BCUT2D eigenvalue weighted by atomic mass is 10.1. The monoisotopic (exact) mass is 395 g/mol. The maximum absolute atomic E-state index is 12.4. The number of hydrogen-bond donors (Lipinski definition) is 2. The van der Waals surface area contributed by atoms with Gasteiger partial charge in [0.15, 0.2) is 5.16 Å². The van der Waals surface area contributed by atoms with E-state index in [4.69, 9.17) is 4.74 Å². The first-order chi connectivity index (χ1) is 13.5. The van der Waals surface area contributed by atoms with Crippen LogP contribution in [0.15, 0.2) is 70.6 Å². The van der Waals surface area contributed by atoms with E-state index in [0.717, 1.165) is 16.9 Å². The topological polar surface area (TPSA) is 84.1 Å². The van der Waals surface area contributed by atoms with E-state index in [1.807, 2.05) is 54.6 Å². The van der Waals surface area contributed by atoms with Gasteiger partial charge in [-0.3, -0.25) is 9.59 Å². The van der Waals surface area contributed by atoms with E-state index in [1.165, 1.54) is 17.8 Å². The summed E-state index contributed by atoms with van der Waals surface area (Å²) in [5.41, 5.74) is 2.11. The summed E-state index contributed by atoms with van der Waals surface area (Å²) in [7, 11) is 1.60. The molecule has 0 aliphatic rings. The summed E-state index contributed by atoms with van der Waals surface area (Å²) in [5, 5.41) is 2.90. The number of aromatic amines is 1. The maximum Gasteiger partial charge on any atom is 0.252 e. The second-order valence-electron chi connectivity index (χ2n) is 6.13. The smallest absolute Gasteiger partial charge is 0.252 e. The Morgan fingerprint density at radius 3 is 2.57 bits per heavy atom. The first kappa shape index (κ1) is 19.7. The predicted octanol–water partition coefficient (Wildman–Crippen LogP) is 3.24. The van der Waals surface area contributed by atoms with Crippen molar-refractivity contribution in [3.63, 3.8) is 0 Å². The molecule has 0 spiro atoms. The zero-order valence-corrected chi connectivity index (χ0v) is 16.5. The summed E-state index contributed by atoms with van der Waals surface area (Å²) in [5.74, 6) is 0.609. The van der Waals surface area contributed by atoms with Gasteiger partial charge in [-0.15, -0.1) is 0 Å². The average molecular weight is 395 g/mol. The minimum Gasteiger partial charge on any atom is -0.497 e. The number of hydrogen-bond acceptors (Lipinski definition) is 5. The molecule has 6 nitrogen and oxygen atoms in total. The van der Waals surface area contributed by atoms with Crippen LogP contribution in [0.25, 0.3) is 11.3 Å². The molecule has 0 fully saturated rings. The number of benzene rings is 2. The van der Waals surface area contributed by atoms with Crippen LogP contribution in [0.1, 0.15) is 12.5 Å². The van der Waals surface area contributed by atoms with Crippen LogP contribution >= 0.6 is 11.8 Å². The van der Waals surface area contributed by atoms with E-state index in [-0.39, 0.29) is 11.5 Å². The third-order valence-corrected chi connectivity index (χ3v) is 5.06. The van der Waals surface area contributed by atoms with Crippen LogP contribution in [0.2, 0.25) is 0 Å². The van der Waals surface area contributed by atoms with Crippen LogP contribution in [-0.2, 0) is 11.3 Å². The number of nitrogens with one attached hydrogen (secondary N) is 2. The fourth-order valence-electron chi connectivity index (χ4n) is 2.55. The molecular formula is C21H21N3O3S. The molecule has 28 heavy (non-hydrogen) atoms. The highest BCUT2D eigenvalue weighted by Crippen LogP contribution is 2.23. The molecule has 1 unspecified atom stereocenters. The number of rotatable bonds is 7. The lowest BCUT2D eigenvalue weighted by Crippen LogP contribution is -2.30. The Bertz CT molecular complexity index is 988. The molecule has 3 aromatic rings. The van der Waals surface area contributed by atoms with Crippen molar-refractivity contribution in [3.8, 4) is 17.0 Å². The highest BCUT2D eigenvalue weighted by atomic mass is 32.2. The normalized spacial score (nSPS) is 11.6. The summed E-state index contributed by atoms with van der Waals surface area (Å²) in [4.78, 5) is 31.6. The summed E-state index contributed by atoms with van der Waals surface area (Å²) in [6.07, 6.45) is 0. The molecule has 144 valence electrons. The van der Waals surface area contributed by atoms with Gasteiger partial charge in [0, 0.05) is 18.2 Å². The van der Waals surface area contributed by atoms with Gasteiger partial charge in [0.25, 0.3) is 5.56 Å². The molecule has 0 radical (unpaired) electrons. The van der Waals surface area contributed by atoms with Crippen molar-refractivity contribution in [2.45, 2.75) is 23.9 Å². The molecule has 1 heterocycles. The van der Waals surface area contributed by atoms with Gasteiger partial charge in [0.1, 0.15) is 5.75 Å². The molecule has 0 saturated heterocycles. The Kier molecular flexibility index (Phi) is 6.49. The van der Waals surface area contributed by atoms with Crippen LogP contribution in [-0.4, -0.2) is 28.2 Å². The molecule has 0 aliphatic heterocycles. The van der Waals surface area contributed by atoms with Crippen LogP contribution in [0.5, 0.6) is 5.75 Å². The van der Waals surface area contributed by atoms with Crippen LogP contribution in [0, 0.1) is 0 Å². The third kappa shape index (κ3) is 5.23. The van der Waals surface area contributed by atoms with Gasteiger partial charge in [0.05, 0.1) is 18.1 Å². The summed E-state index contributed by atoms with van der Waals surface area (Å²) in [6, 6.07) is 18.4. The van der Waals surface area contributed by atoms with Gasteiger partial charge in [-0.2, -0.15) is 0 Å². The van der Waals surface area contributed by atoms with Crippen molar-refractivity contribution in [1.29, 1.82) is 0 Å². The molecule has 7 heteroatoms. The minimum absolute atomic E-state index is 0.119. The summed E-state index contributed by atoms with van der Waals surface area (Å²) in [6.45, 7) is 2.24. The first-order valence-electron chi connectivity index (χ1n) is 8.79. The molecule has 1 atom stereocenters. The van der Waals surface area contributed by atoms with Gasteiger partial charge < -0.3 is 15.0 Å².